The lowest BCUT2D eigenvalue weighted by Crippen LogP contribution is -2.45. The minimum atomic E-state index is -3.19. The second-order valence-electron chi connectivity index (χ2n) is 4.63. The van der Waals surface area contributed by atoms with E-state index >= 15 is 0 Å². The van der Waals surface area contributed by atoms with Crippen molar-refractivity contribution in [3.63, 3.8) is 0 Å². The van der Waals surface area contributed by atoms with Crippen LogP contribution in [0, 0.1) is 0 Å². The van der Waals surface area contributed by atoms with E-state index in [9.17, 15) is 8.42 Å². The van der Waals surface area contributed by atoms with Crippen LogP contribution in [0.3, 0.4) is 0 Å². The molecular weight excluding hydrogens is 314 g/mol. The number of rotatable bonds is 6. The predicted octanol–water partition coefficient (Wildman–Crippen LogP) is 2.77. The predicted molar refractivity (Wildman–Crippen MR) is 77.2 cm³/mol. The standard InChI is InChI=1S/C13H18BrNO2S/c14-9-10-15(13-7-4-8-13)18(16,17)11-12-5-2-1-3-6-12/h1-3,5-6,13H,4,7-11H2. The zero-order valence-electron chi connectivity index (χ0n) is 10.3. The van der Waals surface area contributed by atoms with Crippen LogP contribution in [0.2, 0.25) is 0 Å². The van der Waals surface area contributed by atoms with Gasteiger partial charge >= 0.3 is 0 Å². The van der Waals surface area contributed by atoms with Gasteiger partial charge in [-0.25, -0.2) is 8.42 Å². The molecule has 0 spiro atoms. The second kappa shape index (κ2) is 6.17. The molecule has 0 unspecified atom stereocenters. The Morgan fingerprint density at radius 2 is 1.89 bits per heavy atom. The Morgan fingerprint density at radius 1 is 1.22 bits per heavy atom. The maximum Gasteiger partial charge on any atom is 0.218 e. The van der Waals surface area contributed by atoms with Gasteiger partial charge in [-0.3, -0.25) is 0 Å². The highest BCUT2D eigenvalue weighted by atomic mass is 79.9. The van der Waals surface area contributed by atoms with Gasteiger partial charge in [0.1, 0.15) is 0 Å². The Bertz CT molecular complexity index is 471. The SMILES string of the molecule is O=S(=O)(Cc1ccccc1)N(CCBr)C1CCC1. The summed E-state index contributed by atoms with van der Waals surface area (Å²) in [6, 6.07) is 9.61. The molecule has 18 heavy (non-hydrogen) atoms. The normalized spacial score (nSPS) is 16.8. The summed E-state index contributed by atoms with van der Waals surface area (Å²) in [5.74, 6) is 0.108. The average molecular weight is 332 g/mol. The topological polar surface area (TPSA) is 37.4 Å². The lowest BCUT2D eigenvalue weighted by molar-refractivity contribution is 0.228. The van der Waals surface area contributed by atoms with Crippen molar-refractivity contribution < 1.29 is 8.42 Å². The average Bonchev–Trinajstić information content (AvgIpc) is 2.27. The first-order chi connectivity index (χ1) is 8.63. The van der Waals surface area contributed by atoms with Gasteiger partial charge in [0.15, 0.2) is 0 Å². The third-order valence-corrected chi connectivity index (χ3v) is 5.58. The Morgan fingerprint density at radius 3 is 2.39 bits per heavy atom. The fraction of sp³-hybridized carbons (Fsp3) is 0.538. The number of benzene rings is 1. The molecule has 0 saturated heterocycles. The Labute approximate surface area is 117 Å². The van der Waals surface area contributed by atoms with Crippen molar-refractivity contribution in [1.29, 1.82) is 0 Å². The second-order valence-corrected chi connectivity index (χ2v) is 7.34. The molecule has 1 saturated carbocycles. The molecule has 0 N–H and O–H groups in total. The van der Waals surface area contributed by atoms with E-state index in [2.05, 4.69) is 15.9 Å². The van der Waals surface area contributed by atoms with E-state index in [0.717, 1.165) is 24.8 Å². The first-order valence-corrected chi connectivity index (χ1v) is 8.96. The third-order valence-electron chi connectivity index (χ3n) is 3.34. The maximum absolute atomic E-state index is 12.4. The van der Waals surface area contributed by atoms with Crippen molar-refractivity contribution in [3.05, 3.63) is 35.9 Å². The van der Waals surface area contributed by atoms with Gasteiger partial charge in [0, 0.05) is 17.9 Å². The molecule has 0 bridgehead atoms. The highest BCUT2D eigenvalue weighted by molar-refractivity contribution is 9.09. The quantitative estimate of drug-likeness (QED) is 0.751. The molecule has 0 aliphatic heterocycles. The summed E-state index contributed by atoms with van der Waals surface area (Å²) in [5.41, 5.74) is 0.858. The molecule has 1 aromatic rings. The summed E-state index contributed by atoms with van der Waals surface area (Å²) in [6.07, 6.45) is 3.15. The van der Waals surface area contributed by atoms with Crippen LogP contribution in [-0.2, 0) is 15.8 Å². The molecule has 2 rings (SSSR count). The lowest BCUT2D eigenvalue weighted by atomic mass is 9.93. The van der Waals surface area contributed by atoms with Gasteiger partial charge in [-0.2, -0.15) is 4.31 Å². The molecule has 0 radical (unpaired) electrons. The smallest absolute Gasteiger partial charge is 0.212 e. The van der Waals surface area contributed by atoms with Gasteiger partial charge in [-0.15, -0.1) is 0 Å². The minimum absolute atomic E-state index is 0.108. The number of hydrogen-bond donors (Lipinski definition) is 0. The summed E-state index contributed by atoms with van der Waals surface area (Å²) < 4.78 is 26.5. The molecule has 5 heteroatoms. The number of halogens is 1. The van der Waals surface area contributed by atoms with E-state index in [1.165, 1.54) is 0 Å². The first-order valence-electron chi connectivity index (χ1n) is 6.23. The highest BCUT2D eigenvalue weighted by Crippen LogP contribution is 2.28. The number of nitrogens with zero attached hydrogens (tertiary/aromatic N) is 1. The molecule has 1 aliphatic rings. The van der Waals surface area contributed by atoms with E-state index in [0.29, 0.717) is 11.9 Å². The molecule has 1 fully saturated rings. The Kier molecular flexibility index (Phi) is 4.81. The fourth-order valence-electron chi connectivity index (χ4n) is 2.17. The molecule has 100 valence electrons. The van der Waals surface area contributed by atoms with Gasteiger partial charge in [-0.05, 0) is 18.4 Å². The summed E-state index contributed by atoms with van der Waals surface area (Å²) in [7, 11) is -3.19. The lowest BCUT2D eigenvalue weighted by Gasteiger charge is -2.36. The molecular formula is C13H18BrNO2S. The van der Waals surface area contributed by atoms with Crippen molar-refractivity contribution in [2.45, 2.75) is 31.1 Å². The Balaban J connectivity index is 2.12. The Hall–Kier alpha value is -0.390. The number of hydrogen-bond acceptors (Lipinski definition) is 2. The fourth-order valence-corrected chi connectivity index (χ4v) is 4.61. The van der Waals surface area contributed by atoms with Crippen LogP contribution in [-0.4, -0.2) is 30.6 Å². The molecule has 0 atom stereocenters. The van der Waals surface area contributed by atoms with Gasteiger partial charge in [0.25, 0.3) is 0 Å². The van der Waals surface area contributed by atoms with E-state index in [-0.39, 0.29) is 11.8 Å². The summed E-state index contributed by atoms with van der Waals surface area (Å²) >= 11 is 3.34. The van der Waals surface area contributed by atoms with Crippen LogP contribution in [0.15, 0.2) is 30.3 Å². The minimum Gasteiger partial charge on any atom is -0.212 e. The first kappa shape index (κ1) is 14.0. The van der Waals surface area contributed by atoms with Crippen LogP contribution in [0.25, 0.3) is 0 Å². The van der Waals surface area contributed by atoms with Crippen LogP contribution in [0.1, 0.15) is 24.8 Å². The molecule has 0 amide bonds. The summed E-state index contributed by atoms with van der Waals surface area (Å²) in [6.45, 7) is 0.569. The van der Waals surface area contributed by atoms with Gasteiger partial charge in [0.2, 0.25) is 10.0 Å². The summed E-state index contributed by atoms with van der Waals surface area (Å²) in [4.78, 5) is 0. The number of sulfonamides is 1. The zero-order chi connectivity index (χ0) is 13.0. The van der Waals surface area contributed by atoms with Crippen LogP contribution in [0.5, 0.6) is 0 Å². The maximum atomic E-state index is 12.4. The van der Waals surface area contributed by atoms with Crippen molar-refractivity contribution in [2.24, 2.45) is 0 Å². The monoisotopic (exact) mass is 331 g/mol. The molecule has 0 heterocycles. The van der Waals surface area contributed by atoms with Crippen molar-refractivity contribution in [1.82, 2.24) is 4.31 Å². The number of alkyl halides is 1. The van der Waals surface area contributed by atoms with E-state index in [1.807, 2.05) is 30.3 Å². The van der Waals surface area contributed by atoms with Crippen LogP contribution >= 0.6 is 15.9 Å². The molecule has 1 aromatic carbocycles. The van der Waals surface area contributed by atoms with Crippen LogP contribution in [0.4, 0.5) is 0 Å². The molecule has 0 aromatic heterocycles. The van der Waals surface area contributed by atoms with Gasteiger partial charge < -0.3 is 0 Å². The van der Waals surface area contributed by atoms with E-state index < -0.39 is 10.0 Å². The molecule has 3 nitrogen and oxygen atoms in total. The van der Waals surface area contributed by atoms with Gasteiger partial charge in [-0.1, -0.05) is 52.7 Å². The van der Waals surface area contributed by atoms with Crippen LogP contribution < -0.4 is 0 Å². The zero-order valence-corrected chi connectivity index (χ0v) is 12.7. The highest BCUT2D eigenvalue weighted by Gasteiger charge is 2.33. The summed E-state index contributed by atoms with van der Waals surface area (Å²) in [5, 5.41) is 0.692. The van der Waals surface area contributed by atoms with E-state index in [4.69, 9.17) is 0 Å². The van der Waals surface area contributed by atoms with Crippen molar-refractivity contribution >= 4 is 26.0 Å². The van der Waals surface area contributed by atoms with Gasteiger partial charge in [0.05, 0.1) is 5.75 Å². The molecule has 1 aliphatic carbocycles. The van der Waals surface area contributed by atoms with Crippen molar-refractivity contribution in [3.8, 4) is 0 Å². The van der Waals surface area contributed by atoms with E-state index in [1.54, 1.807) is 4.31 Å². The van der Waals surface area contributed by atoms with Crippen molar-refractivity contribution in [2.75, 3.05) is 11.9 Å². The third kappa shape index (κ3) is 3.33. The largest absolute Gasteiger partial charge is 0.218 e.